The number of methoxy groups -OCH3 is 1. The highest BCUT2D eigenvalue weighted by Gasteiger charge is 2.31. The number of benzene rings is 2. The highest BCUT2D eigenvalue weighted by molar-refractivity contribution is 5.94. The van der Waals surface area contributed by atoms with Gasteiger partial charge in [-0.25, -0.2) is 14.2 Å². The number of hydrogen-bond acceptors (Lipinski definition) is 4. The van der Waals surface area contributed by atoms with E-state index in [9.17, 15) is 14.0 Å². The Hall–Kier alpha value is -3.48. The minimum Gasteiger partial charge on any atom is -0.465 e. The Morgan fingerprint density at radius 1 is 1.22 bits per heavy atom. The predicted octanol–water partition coefficient (Wildman–Crippen LogP) is 3.27. The molecule has 1 aromatic heterocycles. The molecule has 0 radical (unpaired) electrons. The number of para-hydroxylation sites is 1. The van der Waals surface area contributed by atoms with Gasteiger partial charge in [0.05, 0.1) is 24.1 Å². The van der Waals surface area contributed by atoms with E-state index in [0.29, 0.717) is 22.8 Å². The van der Waals surface area contributed by atoms with Crippen LogP contribution in [-0.4, -0.2) is 28.5 Å². The topological polar surface area (TPSA) is 73.2 Å². The largest absolute Gasteiger partial charge is 0.465 e. The van der Waals surface area contributed by atoms with Crippen molar-refractivity contribution in [1.29, 1.82) is 0 Å². The van der Waals surface area contributed by atoms with Crippen molar-refractivity contribution >= 4 is 17.7 Å². The molecule has 0 bridgehead atoms. The number of ether oxygens (including phenoxy) is 1. The number of nitrogens with one attached hydrogen (secondary N) is 1. The summed E-state index contributed by atoms with van der Waals surface area (Å²) in [5, 5.41) is 2.79. The molecule has 1 aliphatic heterocycles. The third-order valence-electron chi connectivity index (χ3n) is 4.62. The van der Waals surface area contributed by atoms with E-state index >= 15 is 0 Å². The summed E-state index contributed by atoms with van der Waals surface area (Å²) < 4.78 is 20.4. The standard InChI is InChI=1S/C20H16FN3O3/c1-27-20(26)13-8-6-12(7-9-13)14-10-17(25)23-19-18(14)22-11-24(19)16-5-3-2-4-15(16)21/h2-9,11,14H,10H2,1H3,(H,23,25). The minimum atomic E-state index is -0.424. The molecule has 1 atom stereocenters. The van der Waals surface area contributed by atoms with Crippen molar-refractivity contribution in [1.82, 2.24) is 9.55 Å². The molecule has 27 heavy (non-hydrogen) atoms. The summed E-state index contributed by atoms with van der Waals surface area (Å²) in [5.41, 5.74) is 2.24. The molecule has 0 fully saturated rings. The zero-order chi connectivity index (χ0) is 19.0. The number of carbonyl (C=O) groups is 2. The molecule has 4 rings (SSSR count). The van der Waals surface area contributed by atoms with E-state index in [-0.39, 0.29) is 18.2 Å². The lowest BCUT2D eigenvalue weighted by Crippen LogP contribution is -2.25. The van der Waals surface area contributed by atoms with Crippen LogP contribution >= 0.6 is 0 Å². The van der Waals surface area contributed by atoms with Crippen LogP contribution < -0.4 is 5.32 Å². The van der Waals surface area contributed by atoms with E-state index in [1.807, 2.05) is 0 Å². The first-order valence-corrected chi connectivity index (χ1v) is 8.38. The van der Waals surface area contributed by atoms with Gasteiger partial charge in [-0.2, -0.15) is 0 Å². The monoisotopic (exact) mass is 365 g/mol. The van der Waals surface area contributed by atoms with Gasteiger partial charge >= 0.3 is 5.97 Å². The quantitative estimate of drug-likeness (QED) is 0.723. The van der Waals surface area contributed by atoms with Crippen LogP contribution in [0.25, 0.3) is 5.69 Å². The average molecular weight is 365 g/mol. The number of anilines is 1. The number of nitrogens with zero attached hydrogens (tertiary/aromatic N) is 2. The van der Waals surface area contributed by atoms with Crippen LogP contribution in [0.15, 0.2) is 54.9 Å². The highest BCUT2D eigenvalue weighted by atomic mass is 19.1. The van der Waals surface area contributed by atoms with Crippen LogP contribution in [0, 0.1) is 5.82 Å². The van der Waals surface area contributed by atoms with Crippen LogP contribution in [0.3, 0.4) is 0 Å². The Kier molecular flexibility index (Phi) is 4.19. The Morgan fingerprint density at radius 3 is 2.67 bits per heavy atom. The van der Waals surface area contributed by atoms with E-state index < -0.39 is 11.8 Å². The van der Waals surface area contributed by atoms with Crippen molar-refractivity contribution in [2.24, 2.45) is 0 Å². The zero-order valence-electron chi connectivity index (χ0n) is 14.5. The van der Waals surface area contributed by atoms with Crippen LogP contribution in [0.2, 0.25) is 0 Å². The second-order valence-electron chi connectivity index (χ2n) is 6.22. The summed E-state index contributed by atoms with van der Waals surface area (Å²) in [4.78, 5) is 28.3. The molecular weight excluding hydrogens is 349 g/mol. The number of amides is 1. The first-order valence-electron chi connectivity index (χ1n) is 8.38. The van der Waals surface area contributed by atoms with E-state index in [1.54, 1.807) is 42.5 Å². The first-order chi connectivity index (χ1) is 13.1. The highest BCUT2D eigenvalue weighted by Crippen LogP contribution is 2.37. The van der Waals surface area contributed by atoms with Gasteiger partial charge in [0.15, 0.2) is 0 Å². The fraction of sp³-hybridized carbons (Fsp3) is 0.150. The van der Waals surface area contributed by atoms with Crippen molar-refractivity contribution in [3.05, 3.63) is 77.5 Å². The Labute approximate surface area is 154 Å². The third kappa shape index (κ3) is 2.97. The van der Waals surface area contributed by atoms with Gasteiger partial charge in [-0.05, 0) is 29.8 Å². The molecule has 1 aliphatic rings. The SMILES string of the molecule is COC(=O)c1ccc(C2CC(=O)Nc3c2ncn3-c2ccccc2F)cc1. The molecule has 2 aromatic carbocycles. The van der Waals surface area contributed by atoms with Crippen molar-refractivity contribution in [3.8, 4) is 5.69 Å². The number of hydrogen-bond donors (Lipinski definition) is 1. The lowest BCUT2D eigenvalue weighted by Gasteiger charge is -2.23. The van der Waals surface area contributed by atoms with E-state index in [2.05, 4.69) is 10.3 Å². The van der Waals surface area contributed by atoms with Crippen molar-refractivity contribution in [2.75, 3.05) is 12.4 Å². The van der Waals surface area contributed by atoms with Gasteiger partial charge in [-0.1, -0.05) is 24.3 Å². The number of esters is 1. The second kappa shape index (κ2) is 6.68. The maximum absolute atomic E-state index is 14.2. The summed E-state index contributed by atoms with van der Waals surface area (Å²) >= 11 is 0. The number of imidazole rings is 1. The van der Waals surface area contributed by atoms with Crippen LogP contribution in [0.1, 0.15) is 34.0 Å². The summed E-state index contributed by atoms with van der Waals surface area (Å²) in [5.74, 6) is -0.835. The van der Waals surface area contributed by atoms with Crippen LogP contribution in [0.5, 0.6) is 0 Å². The molecule has 2 heterocycles. The Bertz CT molecular complexity index is 1030. The number of rotatable bonds is 3. The lowest BCUT2D eigenvalue weighted by atomic mass is 9.89. The van der Waals surface area contributed by atoms with Gasteiger partial charge in [0.25, 0.3) is 0 Å². The third-order valence-corrected chi connectivity index (χ3v) is 4.62. The number of carbonyl (C=O) groups excluding carboxylic acids is 2. The van der Waals surface area contributed by atoms with Gasteiger partial charge in [-0.3, -0.25) is 9.36 Å². The number of halogens is 1. The normalized spacial score (nSPS) is 15.8. The zero-order valence-corrected chi connectivity index (χ0v) is 14.5. The average Bonchev–Trinajstić information content (AvgIpc) is 3.10. The molecule has 0 aliphatic carbocycles. The maximum Gasteiger partial charge on any atom is 0.337 e. The Morgan fingerprint density at radius 2 is 1.96 bits per heavy atom. The molecule has 7 heteroatoms. The van der Waals surface area contributed by atoms with Gasteiger partial charge in [-0.15, -0.1) is 0 Å². The van der Waals surface area contributed by atoms with Crippen molar-refractivity contribution in [2.45, 2.75) is 12.3 Å². The molecule has 136 valence electrons. The van der Waals surface area contributed by atoms with Crippen LogP contribution in [-0.2, 0) is 9.53 Å². The molecule has 1 amide bonds. The van der Waals surface area contributed by atoms with Gasteiger partial charge in [0.1, 0.15) is 18.0 Å². The molecule has 0 spiro atoms. The van der Waals surface area contributed by atoms with E-state index in [1.165, 1.54) is 24.1 Å². The second-order valence-corrected chi connectivity index (χ2v) is 6.22. The van der Waals surface area contributed by atoms with Crippen molar-refractivity contribution in [3.63, 3.8) is 0 Å². The van der Waals surface area contributed by atoms with Gasteiger partial charge in [0, 0.05) is 12.3 Å². The molecular formula is C20H16FN3O3. The minimum absolute atomic E-state index is 0.178. The Balaban J connectivity index is 1.75. The molecule has 1 unspecified atom stereocenters. The summed E-state index contributed by atoms with van der Waals surface area (Å²) in [6.45, 7) is 0. The van der Waals surface area contributed by atoms with Gasteiger partial charge in [0.2, 0.25) is 5.91 Å². The predicted molar refractivity (Wildman–Crippen MR) is 96.4 cm³/mol. The van der Waals surface area contributed by atoms with E-state index in [4.69, 9.17) is 4.74 Å². The fourth-order valence-electron chi connectivity index (χ4n) is 3.28. The number of fused-ring (bicyclic) bond motifs is 1. The molecule has 3 aromatic rings. The summed E-state index contributed by atoms with van der Waals surface area (Å²) in [6.07, 6.45) is 1.73. The summed E-state index contributed by atoms with van der Waals surface area (Å²) in [7, 11) is 1.32. The maximum atomic E-state index is 14.2. The van der Waals surface area contributed by atoms with Crippen molar-refractivity contribution < 1.29 is 18.7 Å². The van der Waals surface area contributed by atoms with E-state index in [0.717, 1.165) is 5.56 Å². The fourth-order valence-corrected chi connectivity index (χ4v) is 3.28. The lowest BCUT2D eigenvalue weighted by molar-refractivity contribution is -0.116. The molecule has 0 saturated heterocycles. The molecule has 1 N–H and O–H groups in total. The van der Waals surface area contributed by atoms with Crippen LogP contribution in [0.4, 0.5) is 10.2 Å². The first kappa shape index (κ1) is 17.0. The molecule has 0 saturated carbocycles. The number of aromatic nitrogens is 2. The smallest absolute Gasteiger partial charge is 0.337 e. The van der Waals surface area contributed by atoms with Gasteiger partial charge < -0.3 is 10.1 Å². The summed E-state index contributed by atoms with van der Waals surface area (Å²) in [6, 6.07) is 13.2. The molecule has 6 nitrogen and oxygen atoms in total.